The van der Waals surface area contributed by atoms with Gasteiger partial charge in [-0.3, -0.25) is 19.3 Å². The molecule has 0 spiro atoms. The average Bonchev–Trinajstić information content (AvgIpc) is 2.45. The van der Waals surface area contributed by atoms with Gasteiger partial charge in [-0.15, -0.1) is 18.3 Å². The topological polar surface area (TPSA) is 90.0 Å². The van der Waals surface area contributed by atoms with Crippen molar-refractivity contribution in [1.29, 1.82) is 0 Å². The van der Waals surface area contributed by atoms with Gasteiger partial charge in [-0.25, -0.2) is 0 Å². The van der Waals surface area contributed by atoms with Gasteiger partial charge in [0, 0.05) is 32.7 Å². The number of carboxylic acids is 1. The molecule has 0 saturated carbocycles. The molecule has 0 aromatic rings. The number of piperazine rings is 1. The Morgan fingerprint density at radius 3 is 2.43 bits per heavy atom. The number of thioether (sulfide) groups is 1. The lowest BCUT2D eigenvalue weighted by atomic mass is 10.3. The molecule has 118 valence electrons. The van der Waals surface area contributed by atoms with Gasteiger partial charge in [-0.1, -0.05) is 6.08 Å². The molecule has 1 rings (SSSR count). The number of amides is 2. The highest BCUT2D eigenvalue weighted by Crippen LogP contribution is 2.06. The van der Waals surface area contributed by atoms with Crippen LogP contribution in [0.3, 0.4) is 0 Å². The Bertz CT molecular complexity index is 395. The molecule has 7 nitrogen and oxygen atoms in total. The van der Waals surface area contributed by atoms with Gasteiger partial charge in [0.2, 0.25) is 11.8 Å². The number of hydrogen-bond donors (Lipinski definition) is 2. The predicted molar refractivity (Wildman–Crippen MR) is 81.2 cm³/mol. The lowest BCUT2D eigenvalue weighted by molar-refractivity contribution is -0.134. The molecular weight excluding hydrogens is 294 g/mol. The summed E-state index contributed by atoms with van der Waals surface area (Å²) in [6.07, 6.45) is 1.63. The summed E-state index contributed by atoms with van der Waals surface area (Å²) in [6, 6.07) is 0. The van der Waals surface area contributed by atoms with Crippen molar-refractivity contribution in [2.24, 2.45) is 0 Å². The number of nitrogens with zero attached hydrogens (tertiary/aromatic N) is 2. The average molecular weight is 315 g/mol. The van der Waals surface area contributed by atoms with Gasteiger partial charge in [-0.2, -0.15) is 0 Å². The van der Waals surface area contributed by atoms with E-state index < -0.39 is 5.97 Å². The van der Waals surface area contributed by atoms with Crippen molar-refractivity contribution in [1.82, 2.24) is 15.1 Å². The fraction of sp³-hybridized carbons (Fsp3) is 0.615. The molecule has 2 N–H and O–H groups in total. The van der Waals surface area contributed by atoms with E-state index in [-0.39, 0.29) is 23.3 Å². The molecule has 0 unspecified atom stereocenters. The van der Waals surface area contributed by atoms with E-state index >= 15 is 0 Å². The number of carbonyl (C=O) groups excluding carboxylic acids is 2. The van der Waals surface area contributed by atoms with Gasteiger partial charge >= 0.3 is 5.97 Å². The second kappa shape index (κ2) is 9.41. The summed E-state index contributed by atoms with van der Waals surface area (Å²) in [6.45, 7) is 6.75. The second-order valence-electron chi connectivity index (χ2n) is 4.64. The molecule has 1 aliphatic heterocycles. The first-order valence-corrected chi connectivity index (χ1v) is 7.85. The lowest BCUT2D eigenvalue weighted by Crippen LogP contribution is -2.51. The van der Waals surface area contributed by atoms with Crippen LogP contribution >= 0.6 is 11.8 Å². The summed E-state index contributed by atoms with van der Waals surface area (Å²) in [5, 5.41) is 11.2. The standard InChI is InChI=1S/C13H21N3O4S/c1-2-3-14-11(17)8-15-4-6-16(7-5-15)12(18)9-21-10-13(19)20/h2H,1,3-10H2,(H,14,17)(H,19,20). The summed E-state index contributed by atoms with van der Waals surface area (Å²) in [5.41, 5.74) is 0. The van der Waals surface area contributed by atoms with Crippen LogP contribution in [0.25, 0.3) is 0 Å². The van der Waals surface area contributed by atoms with Crippen molar-refractivity contribution in [3.8, 4) is 0 Å². The monoisotopic (exact) mass is 315 g/mol. The SMILES string of the molecule is C=CCNC(=O)CN1CCN(C(=O)CSCC(=O)O)CC1. The number of nitrogens with one attached hydrogen (secondary N) is 1. The highest BCUT2D eigenvalue weighted by molar-refractivity contribution is 8.00. The summed E-state index contributed by atoms with van der Waals surface area (Å²) in [4.78, 5) is 37.5. The van der Waals surface area contributed by atoms with Crippen LogP contribution in [0.2, 0.25) is 0 Å². The van der Waals surface area contributed by atoms with Crippen LogP contribution in [0, 0.1) is 0 Å². The van der Waals surface area contributed by atoms with Crippen LogP contribution in [0.5, 0.6) is 0 Å². The van der Waals surface area contributed by atoms with E-state index in [1.54, 1.807) is 11.0 Å². The second-order valence-corrected chi connectivity index (χ2v) is 5.62. The van der Waals surface area contributed by atoms with Crippen molar-refractivity contribution in [2.45, 2.75) is 0 Å². The third-order valence-corrected chi connectivity index (χ3v) is 3.89. The quantitative estimate of drug-likeness (QED) is 0.573. The zero-order valence-electron chi connectivity index (χ0n) is 11.9. The maximum atomic E-state index is 11.9. The summed E-state index contributed by atoms with van der Waals surface area (Å²) >= 11 is 1.11. The largest absolute Gasteiger partial charge is 0.481 e. The molecule has 0 atom stereocenters. The number of carbonyl (C=O) groups is 3. The van der Waals surface area contributed by atoms with Gasteiger partial charge in [0.25, 0.3) is 0 Å². The zero-order valence-corrected chi connectivity index (χ0v) is 12.7. The van der Waals surface area contributed by atoms with Crippen molar-refractivity contribution in [3.05, 3.63) is 12.7 Å². The van der Waals surface area contributed by atoms with Crippen molar-refractivity contribution >= 4 is 29.5 Å². The maximum Gasteiger partial charge on any atom is 0.313 e. The molecule has 1 saturated heterocycles. The molecule has 0 bridgehead atoms. The van der Waals surface area contributed by atoms with Crippen LogP contribution in [0.1, 0.15) is 0 Å². The number of rotatable bonds is 8. The maximum absolute atomic E-state index is 11.9. The highest BCUT2D eigenvalue weighted by atomic mass is 32.2. The first-order chi connectivity index (χ1) is 10.0. The number of carboxylic acid groups (broad SMARTS) is 1. The Hall–Kier alpha value is -1.54. The van der Waals surface area contributed by atoms with Crippen LogP contribution < -0.4 is 5.32 Å². The van der Waals surface area contributed by atoms with Gasteiger partial charge in [0.15, 0.2) is 0 Å². The molecule has 21 heavy (non-hydrogen) atoms. The van der Waals surface area contributed by atoms with Crippen LogP contribution in [0.15, 0.2) is 12.7 Å². The Morgan fingerprint density at radius 1 is 1.19 bits per heavy atom. The molecule has 0 radical (unpaired) electrons. The number of aliphatic carboxylic acids is 1. The molecule has 0 aromatic heterocycles. The molecule has 0 aromatic carbocycles. The van der Waals surface area contributed by atoms with E-state index in [1.807, 2.05) is 4.90 Å². The Kier molecular flexibility index (Phi) is 7.84. The summed E-state index contributed by atoms with van der Waals surface area (Å²) in [5.74, 6) is -0.881. The van der Waals surface area contributed by atoms with E-state index in [0.717, 1.165) is 11.8 Å². The lowest BCUT2D eigenvalue weighted by Gasteiger charge is -2.34. The smallest absolute Gasteiger partial charge is 0.313 e. The first kappa shape index (κ1) is 17.5. The van der Waals surface area contributed by atoms with E-state index in [2.05, 4.69) is 11.9 Å². The summed E-state index contributed by atoms with van der Waals surface area (Å²) < 4.78 is 0. The van der Waals surface area contributed by atoms with Crippen molar-refractivity contribution in [2.75, 3.05) is 50.8 Å². The fourth-order valence-electron chi connectivity index (χ4n) is 1.92. The minimum absolute atomic E-state index is 0.0444. The molecular formula is C13H21N3O4S. The van der Waals surface area contributed by atoms with Gasteiger partial charge < -0.3 is 15.3 Å². The molecule has 1 aliphatic rings. The molecule has 0 aliphatic carbocycles. The van der Waals surface area contributed by atoms with E-state index in [4.69, 9.17) is 5.11 Å². The van der Waals surface area contributed by atoms with Crippen LogP contribution in [0.4, 0.5) is 0 Å². The van der Waals surface area contributed by atoms with Crippen molar-refractivity contribution in [3.63, 3.8) is 0 Å². The Morgan fingerprint density at radius 2 is 1.86 bits per heavy atom. The van der Waals surface area contributed by atoms with E-state index in [1.165, 1.54) is 0 Å². The highest BCUT2D eigenvalue weighted by Gasteiger charge is 2.22. The molecule has 1 fully saturated rings. The van der Waals surface area contributed by atoms with Gasteiger partial charge in [0.05, 0.1) is 18.1 Å². The van der Waals surface area contributed by atoms with Gasteiger partial charge in [0.1, 0.15) is 0 Å². The van der Waals surface area contributed by atoms with E-state index in [0.29, 0.717) is 39.3 Å². The third kappa shape index (κ3) is 7.14. The van der Waals surface area contributed by atoms with E-state index in [9.17, 15) is 14.4 Å². The molecule has 2 amide bonds. The Balaban J connectivity index is 2.22. The van der Waals surface area contributed by atoms with Gasteiger partial charge in [-0.05, 0) is 0 Å². The minimum Gasteiger partial charge on any atom is -0.481 e. The first-order valence-electron chi connectivity index (χ1n) is 6.70. The third-order valence-electron chi connectivity index (χ3n) is 2.99. The molecule has 8 heteroatoms. The molecule has 1 heterocycles. The normalized spacial score (nSPS) is 15.5. The van der Waals surface area contributed by atoms with Crippen LogP contribution in [-0.4, -0.2) is 83.5 Å². The predicted octanol–water partition coefficient (Wildman–Crippen LogP) is -0.749. The van der Waals surface area contributed by atoms with Crippen molar-refractivity contribution < 1.29 is 19.5 Å². The Labute approximate surface area is 128 Å². The number of hydrogen-bond acceptors (Lipinski definition) is 5. The zero-order chi connectivity index (χ0) is 15.7. The van der Waals surface area contributed by atoms with Crippen LogP contribution in [-0.2, 0) is 14.4 Å². The fourth-order valence-corrected chi connectivity index (χ4v) is 2.55. The minimum atomic E-state index is -0.914. The summed E-state index contributed by atoms with van der Waals surface area (Å²) in [7, 11) is 0.